The summed E-state index contributed by atoms with van der Waals surface area (Å²) >= 11 is 0. The van der Waals surface area contributed by atoms with E-state index in [0.717, 1.165) is 13.3 Å². The van der Waals surface area contributed by atoms with Crippen molar-refractivity contribution in [3.05, 3.63) is 0 Å². The average Bonchev–Trinajstić information content (AvgIpc) is 2.09. The van der Waals surface area contributed by atoms with Crippen LogP contribution in [0.4, 0.5) is 0 Å². The van der Waals surface area contributed by atoms with Crippen molar-refractivity contribution in [1.29, 1.82) is 0 Å². The van der Waals surface area contributed by atoms with Crippen LogP contribution in [-0.2, 0) is 0 Å². The van der Waals surface area contributed by atoms with Crippen molar-refractivity contribution < 1.29 is 0 Å². The summed E-state index contributed by atoms with van der Waals surface area (Å²) in [6, 6.07) is 0. The Balaban J connectivity index is 2.11. The van der Waals surface area contributed by atoms with Crippen LogP contribution in [0.25, 0.3) is 0 Å². The molecule has 0 atom stereocenters. The molecule has 72 valence electrons. The number of nitrogens with zero attached hydrogens (tertiary/aromatic N) is 2. The van der Waals surface area contributed by atoms with Crippen LogP contribution < -0.4 is 10.6 Å². The van der Waals surface area contributed by atoms with E-state index in [1.165, 1.54) is 26.2 Å². The van der Waals surface area contributed by atoms with Gasteiger partial charge in [0.05, 0.1) is 0 Å². The van der Waals surface area contributed by atoms with Crippen molar-refractivity contribution >= 4 is 0 Å². The Labute approximate surface area is 74.9 Å². The number of piperazine rings is 1. The molecule has 1 saturated heterocycles. The number of hydrogen-bond donors (Lipinski definition) is 2. The van der Waals surface area contributed by atoms with Gasteiger partial charge in [0.15, 0.2) is 0 Å². The van der Waals surface area contributed by atoms with Gasteiger partial charge in [0.2, 0.25) is 0 Å². The van der Waals surface area contributed by atoms with Crippen molar-refractivity contribution in [2.24, 2.45) is 0 Å². The topological polar surface area (TPSA) is 30.5 Å². The predicted molar refractivity (Wildman–Crippen MR) is 51.0 cm³/mol. The quantitative estimate of drug-likeness (QED) is 0.567. The van der Waals surface area contributed by atoms with E-state index in [0.29, 0.717) is 0 Å². The van der Waals surface area contributed by atoms with E-state index in [1.807, 2.05) is 14.1 Å². The van der Waals surface area contributed by atoms with Gasteiger partial charge in [-0.15, -0.1) is 0 Å². The lowest BCUT2D eigenvalue weighted by atomic mass is 10.3. The van der Waals surface area contributed by atoms with Crippen molar-refractivity contribution in [2.45, 2.75) is 0 Å². The summed E-state index contributed by atoms with van der Waals surface area (Å²) in [5.41, 5.74) is 0. The van der Waals surface area contributed by atoms with Crippen molar-refractivity contribution in [1.82, 2.24) is 20.4 Å². The molecule has 1 heterocycles. The van der Waals surface area contributed by atoms with Crippen LogP contribution in [0, 0.1) is 0 Å². The molecule has 1 rings (SSSR count). The second-order valence-electron chi connectivity index (χ2n) is 3.26. The third-order valence-corrected chi connectivity index (χ3v) is 2.23. The Hall–Kier alpha value is -0.160. The molecule has 0 amide bonds. The molecular weight excluding hydrogens is 152 g/mol. The molecule has 0 bridgehead atoms. The summed E-state index contributed by atoms with van der Waals surface area (Å²) in [6.07, 6.45) is 0. The summed E-state index contributed by atoms with van der Waals surface area (Å²) < 4.78 is 0. The Morgan fingerprint density at radius 1 is 0.833 bits per heavy atom. The van der Waals surface area contributed by atoms with Gasteiger partial charge in [-0.25, -0.2) is 0 Å². The summed E-state index contributed by atoms with van der Waals surface area (Å²) in [7, 11) is 4.00. The van der Waals surface area contributed by atoms with Crippen molar-refractivity contribution in [3.8, 4) is 0 Å². The minimum atomic E-state index is 1.02. The highest BCUT2D eigenvalue weighted by Crippen LogP contribution is 1.97. The van der Waals surface area contributed by atoms with Gasteiger partial charge < -0.3 is 10.6 Å². The second kappa shape index (κ2) is 5.48. The van der Waals surface area contributed by atoms with Crippen LogP contribution in [0.2, 0.25) is 0 Å². The van der Waals surface area contributed by atoms with E-state index in [4.69, 9.17) is 0 Å². The van der Waals surface area contributed by atoms with E-state index in [2.05, 4.69) is 20.4 Å². The zero-order chi connectivity index (χ0) is 8.81. The van der Waals surface area contributed by atoms with Gasteiger partial charge in [-0.3, -0.25) is 9.80 Å². The summed E-state index contributed by atoms with van der Waals surface area (Å²) in [6.45, 7) is 6.77. The minimum Gasteiger partial charge on any atom is -0.307 e. The van der Waals surface area contributed by atoms with Gasteiger partial charge in [-0.2, -0.15) is 0 Å². The molecule has 0 aromatic carbocycles. The van der Waals surface area contributed by atoms with E-state index in [9.17, 15) is 0 Å². The highest BCUT2D eigenvalue weighted by Gasteiger charge is 2.14. The van der Waals surface area contributed by atoms with Crippen LogP contribution in [0.5, 0.6) is 0 Å². The Morgan fingerprint density at radius 3 is 1.42 bits per heavy atom. The Kier molecular flexibility index (Phi) is 4.53. The van der Waals surface area contributed by atoms with Gasteiger partial charge >= 0.3 is 0 Å². The Morgan fingerprint density at radius 2 is 1.17 bits per heavy atom. The molecule has 1 aliphatic heterocycles. The highest BCUT2D eigenvalue weighted by molar-refractivity contribution is 4.69. The molecule has 1 fully saturated rings. The first kappa shape index (κ1) is 9.92. The zero-order valence-corrected chi connectivity index (χ0v) is 8.14. The summed E-state index contributed by atoms with van der Waals surface area (Å²) in [5, 5.41) is 6.35. The number of nitrogens with one attached hydrogen (secondary N) is 2. The van der Waals surface area contributed by atoms with Crippen LogP contribution in [0.1, 0.15) is 0 Å². The normalized spacial score (nSPS) is 21.5. The molecule has 0 saturated carbocycles. The molecule has 4 heteroatoms. The van der Waals surface area contributed by atoms with Gasteiger partial charge in [0.1, 0.15) is 0 Å². The Bertz CT molecular complexity index is 95.6. The van der Waals surface area contributed by atoms with E-state index < -0.39 is 0 Å². The fourth-order valence-corrected chi connectivity index (χ4v) is 1.55. The number of hydrogen-bond acceptors (Lipinski definition) is 4. The molecule has 0 aromatic heterocycles. The fraction of sp³-hybridized carbons (Fsp3) is 1.00. The van der Waals surface area contributed by atoms with E-state index in [1.54, 1.807) is 0 Å². The molecule has 0 spiro atoms. The lowest BCUT2D eigenvalue weighted by molar-refractivity contribution is 0.123. The largest absolute Gasteiger partial charge is 0.307 e. The number of rotatable bonds is 4. The van der Waals surface area contributed by atoms with E-state index >= 15 is 0 Å². The molecule has 0 aromatic rings. The summed E-state index contributed by atoms with van der Waals surface area (Å²) in [4.78, 5) is 4.87. The van der Waals surface area contributed by atoms with Gasteiger partial charge in [0, 0.05) is 39.5 Å². The van der Waals surface area contributed by atoms with Gasteiger partial charge in [-0.05, 0) is 14.1 Å². The lowest BCUT2D eigenvalue weighted by Crippen LogP contribution is -2.50. The maximum atomic E-state index is 3.18. The average molecular weight is 172 g/mol. The van der Waals surface area contributed by atoms with Crippen LogP contribution >= 0.6 is 0 Å². The van der Waals surface area contributed by atoms with Crippen LogP contribution in [0.15, 0.2) is 0 Å². The van der Waals surface area contributed by atoms with Crippen molar-refractivity contribution in [3.63, 3.8) is 0 Å². The highest BCUT2D eigenvalue weighted by atomic mass is 15.3. The first-order chi connectivity index (χ1) is 5.86. The third kappa shape index (κ3) is 3.06. The standard InChI is InChI=1S/C8H20N4/c1-9-7-11-3-5-12(6-4-11)8-10-2/h9-10H,3-8H2,1-2H3. The monoisotopic (exact) mass is 172 g/mol. The predicted octanol–water partition coefficient (Wildman–Crippen LogP) is -1.04. The molecule has 0 unspecified atom stereocenters. The first-order valence-corrected chi connectivity index (χ1v) is 4.60. The fourth-order valence-electron chi connectivity index (χ4n) is 1.55. The molecule has 1 aliphatic rings. The van der Waals surface area contributed by atoms with Crippen LogP contribution in [-0.4, -0.2) is 63.4 Å². The lowest BCUT2D eigenvalue weighted by Gasteiger charge is -2.34. The zero-order valence-electron chi connectivity index (χ0n) is 8.14. The molecule has 4 nitrogen and oxygen atoms in total. The van der Waals surface area contributed by atoms with Crippen molar-refractivity contribution in [2.75, 3.05) is 53.6 Å². The molecule has 12 heavy (non-hydrogen) atoms. The molecule has 0 radical (unpaired) electrons. The minimum absolute atomic E-state index is 1.02. The second-order valence-corrected chi connectivity index (χ2v) is 3.26. The molecule has 0 aliphatic carbocycles. The van der Waals surface area contributed by atoms with Crippen LogP contribution in [0.3, 0.4) is 0 Å². The van der Waals surface area contributed by atoms with E-state index in [-0.39, 0.29) is 0 Å². The van der Waals surface area contributed by atoms with Gasteiger partial charge in [-0.1, -0.05) is 0 Å². The molecule has 2 N–H and O–H groups in total. The third-order valence-electron chi connectivity index (χ3n) is 2.23. The molecular formula is C8H20N4. The SMILES string of the molecule is CNCN1CCN(CNC)CC1. The summed E-state index contributed by atoms with van der Waals surface area (Å²) in [5.74, 6) is 0. The maximum absolute atomic E-state index is 3.18. The smallest absolute Gasteiger partial charge is 0.0479 e. The first-order valence-electron chi connectivity index (χ1n) is 4.60. The van der Waals surface area contributed by atoms with Gasteiger partial charge in [0.25, 0.3) is 0 Å². The maximum Gasteiger partial charge on any atom is 0.0479 e.